The first-order chi connectivity index (χ1) is 8.12. The van der Waals surface area contributed by atoms with Gasteiger partial charge in [-0.3, -0.25) is 0 Å². The highest BCUT2D eigenvalue weighted by molar-refractivity contribution is 4.88. The molecule has 1 unspecified atom stereocenters. The minimum Gasteiger partial charge on any atom is -0.369 e. The van der Waals surface area contributed by atoms with Gasteiger partial charge >= 0.3 is 0 Å². The molecule has 5 heteroatoms. The molecule has 1 atom stereocenters. The lowest BCUT2D eigenvalue weighted by atomic mass is 9.82. The van der Waals surface area contributed by atoms with Gasteiger partial charge in [0.15, 0.2) is 5.82 Å². The molecule has 0 aromatic carbocycles. The van der Waals surface area contributed by atoms with Crippen LogP contribution in [-0.2, 0) is 17.8 Å². The molecule has 0 radical (unpaired) electrons. The van der Waals surface area contributed by atoms with Gasteiger partial charge in [0.2, 0.25) is 5.89 Å². The molecular formula is C12H21N3O2. The molecule has 0 saturated carbocycles. The predicted molar refractivity (Wildman–Crippen MR) is 63.5 cm³/mol. The molecule has 0 aliphatic carbocycles. The zero-order chi connectivity index (χ0) is 12.3. The molecule has 2 heterocycles. The summed E-state index contributed by atoms with van der Waals surface area (Å²) in [5, 5.41) is 7.28. The third kappa shape index (κ3) is 3.04. The zero-order valence-corrected chi connectivity index (χ0v) is 10.8. The highest BCUT2D eigenvalue weighted by Gasteiger charge is 2.33. The number of nitrogens with zero attached hydrogens (tertiary/aromatic N) is 2. The third-order valence-corrected chi connectivity index (χ3v) is 3.26. The van der Waals surface area contributed by atoms with Crippen LogP contribution >= 0.6 is 0 Å². The molecule has 0 spiro atoms. The molecule has 1 aliphatic heterocycles. The van der Waals surface area contributed by atoms with Crippen LogP contribution in [0.4, 0.5) is 0 Å². The van der Waals surface area contributed by atoms with E-state index in [0.717, 1.165) is 25.9 Å². The van der Waals surface area contributed by atoms with Crippen molar-refractivity contribution in [3.63, 3.8) is 0 Å². The van der Waals surface area contributed by atoms with E-state index in [1.165, 1.54) is 0 Å². The Morgan fingerprint density at radius 1 is 1.53 bits per heavy atom. The number of hydrogen-bond acceptors (Lipinski definition) is 5. The van der Waals surface area contributed by atoms with Gasteiger partial charge in [-0.25, -0.2) is 0 Å². The van der Waals surface area contributed by atoms with Gasteiger partial charge in [-0.05, 0) is 13.0 Å². The molecule has 0 amide bonds. The van der Waals surface area contributed by atoms with Crippen LogP contribution in [0.5, 0.6) is 0 Å². The molecule has 0 bridgehead atoms. The summed E-state index contributed by atoms with van der Waals surface area (Å²) >= 11 is 0. The van der Waals surface area contributed by atoms with Crippen molar-refractivity contribution in [2.24, 2.45) is 5.41 Å². The first-order valence-corrected chi connectivity index (χ1v) is 6.25. The van der Waals surface area contributed by atoms with Crippen molar-refractivity contribution in [3.05, 3.63) is 11.7 Å². The maximum Gasteiger partial charge on any atom is 0.226 e. The van der Waals surface area contributed by atoms with Crippen molar-refractivity contribution in [2.75, 3.05) is 13.1 Å². The standard InChI is InChI=1S/C12H21N3O2/c1-4-11-14-10(15-17-11)7-16-9-5-6-13-8-12(9,2)3/h9,13H,4-8H2,1-3H3. The van der Waals surface area contributed by atoms with Gasteiger partial charge in [-0.15, -0.1) is 0 Å². The second-order valence-corrected chi connectivity index (χ2v) is 5.21. The summed E-state index contributed by atoms with van der Waals surface area (Å²) < 4.78 is 11.0. The summed E-state index contributed by atoms with van der Waals surface area (Å²) in [5.41, 5.74) is 0.162. The molecular weight excluding hydrogens is 218 g/mol. The van der Waals surface area contributed by atoms with Gasteiger partial charge in [0.25, 0.3) is 0 Å². The Morgan fingerprint density at radius 2 is 2.35 bits per heavy atom. The lowest BCUT2D eigenvalue weighted by molar-refractivity contribution is -0.0545. The molecule has 1 aromatic heterocycles. The van der Waals surface area contributed by atoms with E-state index in [4.69, 9.17) is 9.26 Å². The first kappa shape index (κ1) is 12.5. The Hall–Kier alpha value is -0.940. The minimum atomic E-state index is 0.162. The largest absolute Gasteiger partial charge is 0.369 e. The zero-order valence-electron chi connectivity index (χ0n) is 10.8. The number of piperidine rings is 1. The average molecular weight is 239 g/mol. The Kier molecular flexibility index (Phi) is 3.79. The van der Waals surface area contributed by atoms with E-state index in [2.05, 4.69) is 29.3 Å². The first-order valence-electron chi connectivity index (χ1n) is 6.25. The highest BCUT2D eigenvalue weighted by Crippen LogP contribution is 2.28. The van der Waals surface area contributed by atoms with Crippen LogP contribution in [-0.4, -0.2) is 29.3 Å². The van der Waals surface area contributed by atoms with Crippen molar-refractivity contribution in [3.8, 4) is 0 Å². The molecule has 1 aromatic rings. The third-order valence-electron chi connectivity index (χ3n) is 3.26. The number of aryl methyl sites for hydroxylation is 1. The van der Waals surface area contributed by atoms with Gasteiger partial charge < -0.3 is 14.6 Å². The number of nitrogens with one attached hydrogen (secondary N) is 1. The van der Waals surface area contributed by atoms with E-state index in [1.807, 2.05) is 6.92 Å². The van der Waals surface area contributed by atoms with Crippen molar-refractivity contribution < 1.29 is 9.26 Å². The normalized spacial score (nSPS) is 23.8. The molecule has 2 rings (SSSR count). The fourth-order valence-corrected chi connectivity index (χ4v) is 2.12. The molecule has 1 aliphatic rings. The van der Waals surface area contributed by atoms with Crippen LogP contribution in [0.3, 0.4) is 0 Å². The summed E-state index contributed by atoms with van der Waals surface area (Å²) in [4.78, 5) is 4.24. The van der Waals surface area contributed by atoms with E-state index in [-0.39, 0.29) is 11.5 Å². The van der Waals surface area contributed by atoms with Crippen molar-refractivity contribution in [1.82, 2.24) is 15.5 Å². The SMILES string of the molecule is CCc1nc(COC2CCNCC2(C)C)no1. The monoisotopic (exact) mass is 239 g/mol. The van der Waals surface area contributed by atoms with Crippen LogP contribution < -0.4 is 5.32 Å². The van der Waals surface area contributed by atoms with Crippen molar-refractivity contribution in [2.45, 2.75) is 46.3 Å². The van der Waals surface area contributed by atoms with E-state index < -0.39 is 0 Å². The smallest absolute Gasteiger partial charge is 0.226 e. The quantitative estimate of drug-likeness (QED) is 0.863. The maximum atomic E-state index is 5.92. The number of hydrogen-bond donors (Lipinski definition) is 1. The highest BCUT2D eigenvalue weighted by atomic mass is 16.5. The topological polar surface area (TPSA) is 60.2 Å². The Labute approximate surface area is 102 Å². The molecule has 5 nitrogen and oxygen atoms in total. The molecule has 96 valence electrons. The Bertz CT molecular complexity index is 362. The summed E-state index contributed by atoms with van der Waals surface area (Å²) in [6.45, 7) is 8.88. The van der Waals surface area contributed by atoms with E-state index in [1.54, 1.807) is 0 Å². The van der Waals surface area contributed by atoms with Gasteiger partial charge in [0, 0.05) is 18.4 Å². The van der Waals surface area contributed by atoms with Gasteiger partial charge in [-0.1, -0.05) is 25.9 Å². The summed E-state index contributed by atoms with van der Waals surface area (Å²) in [6.07, 6.45) is 2.06. The number of ether oxygens (including phenoxy) is 1. The molecule has 17 heavy (non-hydrogen) atoms. The van der Waals surface area contributed by atoms with E-state index >= 15 is 0 Å². The lowest BCUT2D eigenvalue weighted by Gasteiger charge is -2.38. The van der Waals surface area contributed by atoms with Crippen LogP contribution in [0.2, 0.25) is 0 Å². The minimum absolute atomic E-state index is 0.162. The van der Waals surface area contributed by atoms with Crippen LogP contribution in [0, 0.1) is 5.41 Å². The van der Waals surface area contributed by atoms with Gasteiger partial charge in [0.05, 0.1) is 6.10 Å². The predicted octanol–water partition coefficient (Wildman–Crippen LogP) is 1.54. The fourth-order valence-electron chi connectivity index (χ4n) is 2.12. The number of rotatable bonds is 4. The molecule has 1 N–H and O–H groups in total. The van der Waals surface area contributed by atoms with Gasteiger partial charge in [-0.2, -0.15) is 4.98 Å². The summed E-state index contributed by atoms with van der Waals surface area (Å²) in [5.74, 6) is 1.32. The number of aromatic nitrogens is 2. The van der Waals surface area contributed by atoms with E-state index in [0.29, 0.717) is 18.3 Å². The average Bonchev–Trinajstić information content (AvgIpc) is 2.75. The molecule has 1 fully saturated rings. The van der Waals surface area contributed by atoms with Gasteiger partial charge in [0.1, 0.15) is 6.61 Å². The fraction of sp³-hybridized carbons (Fsp3) is 0.833. The Balaban J connectivity index is 1.88. The summed E-state index contributed by atoms with van der Waals surface area (Å²) in [7, 11) is 0. The second kappa shape index (κ2) is 5.14. The Morgan fingerprint density at radius 3 is 3.00 bits per heavy atom. The van der Waals surface area contributed by atoms with Crippen LogP contribution in [0.15, 0.2) is 4.52 Å². The lowest BCUT2D eigenvalue weighted by Crippen LogP contribution is -2.47. The van der Waals surface area contributed by atoms with E-state index in [9.17, 15) is 0 Å². The summed E-state index contributed by atoms with van der Waals surface area (Å²) in [6, 6.07) is 0. The van der Waals surface area contributed by atoms with Crippen LogP contribution in [0.1, 0.15) is 38.9 Å². The van der Waals surface area contributed by atoms with Crippen LogP contribution in [0.25, 0.3) is 0 Å². The second-order valence-electron chi connectivity index (χ2n) is 5.21. The van der Waals surface area contributed by atoms with Crippen molar-refractivity contribution in [1.29, 1.82) is 0 Å². The molecule has 1 saturated heterocycles. The maximum absolute atomic E-state index is 5.92. The van der Waals surface area contributed by atoms with Crippen molar-refractivity contribution >= 4 is 0 Å².